The van der Waals surface area contributed by atoms with Crippen molar-refractivity contribution < 1.29 is 4.79 Å². The van der Waals surface area contributed by atoms with Gasteiger partial charge in [-0.3, -0.25) is 4.79 Å². The Balaban J connectivity index is 1.90. The number of aryl methyl sites for hydroxylation is 2. The number of fused-ring (bicyclic) bond motifs is 1. The maximum atomic E-state index is 12.8. The third-order valence-corrected chi connectivity index (χ3v) is 5.97. The lowest BCUT2D eigenvalue weighted by Crippen LogP contribution is -2.37. The Morgan fingerprint density at radius 1 is 1.24 bits per heavy atom. The highest BCUT2D eigenvalue weighted by atomic mass is 32.2. The summed E-state index contributed by atoms with van der Waals surface area (Å²) in [5.41, 5.74) is 2.47. The zero-order valence-corrected chi connectivity index (χ0v) is 18.2. The Bertz CT molecular complexity index is 1070. The Hall–Kier alpha value is -2.61. The molecule has 0 spiro atoms. The van der Waals surface area contributed by atoms with Gasteiger partial charge in [-0.05, 0) is 38.8 Å². The van der Waals surface area contributed by atoms with Crippen molar-refractivity contribution in [2.45, 2.75) is 57.0 Å². The van der Waals surface area contributed by atoms with Crippen molar-refractivity contribution >= 4 is 23.3 Å². The number of hydrogen-bond acceptors (Lipinski definition) is 5. The van der Waals surface area contributed by atoms with Crippen LogP contribution in [0, 0.1) is 13.8 Å². The standard InChI is InChI=1S/C21H27N5O2S/c1-5-7-11-24(6-2)18(27)14-26-21(28)25-12-10-22-20(19(25)23-26)29-17-9-8-15(3)13-16(17)4/h8-10,12-13H,5-7,11,14H2,1-4H3. The maximum absolute atomic E-state index is 12.8. The van der Waals surface area contributed by atoms with E-state index < -0.39 is 0 Å². The van der Waals surface area contributed by atoms with Gasteiger partial charge in [0.1, 0.15) is 11.6 Å². The van der Waals surface area contributed by atoms with Gasteiger partial charge in [0.25, 0.3) is 0 Å². The van der Waals surface area contributed by atoms with Gasteiger partial charge >= 0.3 is 5.69 Å². The molecule has 1 aromatic carbocycles. The van der Waals surface area contributed by atoms with Gasteiger partial charge < -0.3 is 4.90 Å². The molecule has 2 aromatic heterocycles. The van der Waals surface area contributed by atoms with E-state index >= 15 is 0 Å². The number of nitrogens with zero attached hydrogens (tertiary/aromatic N) is 5. The zero-order chi connectivity index (χ0) is 21.0. The van der Waals surface area contributed by atoms with Gasteiger partial charge in [0.2, 0.25) is 5.91 Å². The number of carbonyl (C=O) groups is 1. The minimum atomic E-state index is -0.329. The normalized spacial score (nSPS) is 11.2. The van der Waals surface area contributed by atoms with E-state index in [0.29, 0.717) is 23.8 Å². The fourth-order valence-electron chi connectivity index (χ4n) is 3.16. The number of likely N-dealkylation sites (N-methyl/N-ethyl adjacent to an activating group) is 1. The van der Waals surface area contributed by atoms with E-state index in [1.54, 1.807) is 17.3 Å². The SMILES string of the molecule is CCCCN(CC)C(=O)Cn1nc2c(Sc3ccc(C)cc3C)nccn2c1=O. The Labute approximate surface area is 174 Å². The summed E-state index contributed by atoms with van der Waals surface area (Å²) in [4.78, 5) is 32.6. The summed E-state index contributed by atoms with van der Waals surface area (Å²) in [5.74, 6) is -0.0944. The molecular weight excluding hydrogens is 386 g/mol. The van der Waals surface area contributed by atoms with Crippen LogP contribution in [0.4, 0.5) is 0 Å². The number of aromatic nitrogens is 4. The van der Waals surface area contributed by atoms with Crippen LogP contribution in [0.5, 0.6) is 0 Å². The lowest BCUT2D eigenvalue weighted by atomic mass is 10.2. The quantitative estimate of drug-likeness (QED) is 0.567. The second-order valence-electron chi connectivity index (χ2n) is 7.06. The van der Waals surface area contributed by atoms with Crippen LogP contribution in [0.25, 0.3) is 5.65 Å². The van der Waals surface area contributed by atoms with Crippen molar-refractivity contribution in [2.24, 2.45) is 0 Å². The van der Waals surface area contributed by atoms with Gasteiger partial charge in [-0.2, -0.15) is 0 Å². The number of rotatable bonds is 8. The molecule has 7 nitrogen and oxygen atoms in total. The van der Waals surface area contributed by atoms with E-state index in [4.69, 9.17) is 0 Å². The van der Waals surface area contributed by atoms with Crippen molar-refractivity contribution in [3.05, 3.63) is 52.2 Å². The van der Waals surface area contributed by atoms with E-state index in [9.17, 15) is 9.59 Å². The average molecular weight is 414 g/mol. The highest BCUT2D eigenvalue weighted by Gasteiger charge is 2.18. The van der Waals surface area contributed by atoms with E-state index in [1.165, 1.54) is 26.4 Å². The molecule has 0 fully saturated rings. The van der Waals surface area contributed by atoms with Crippen LogP contribution in [0.2, 0.25) is 0 Å². The molecule has 0 aliphatic rings. The lowest BCUT2D eigenvalue weighted by Gasteiger charge is -2.20. The maximum Gasteiger partial charge on any atom is 0.350 e. The van der Waals surface area contributed by atoms with Crippen LogP contribution in [0.15, 0.2) is 45.3 Å². The molecule has 0 N–H and O–H groups in total. The molecule has 1 amide bonds. The molecule has 0 bridgehead atoms. The van der Waals surface area contributed by atoms with Crippen molar-refractivity contribution in [3.63, 3.8) is 0 Å². The second kappa shape index (κ2) is 9.26. The molecule has 0 saturated heterocycles. The molecule has 0 saturated carbocycles. The molecule has 3 rings (SSSR count). The third-order valence-electron chi connectivity index (χ3n) is 4.81. The van der Waals surface area contributed by atoms with E-state index in [0.717, 1.165) is 23.3 Å². The third kappa shape index (κ3) is 4.70. The molecule has 29 heavy (non-hydrogen) atoms. The fourth-order valence-corrected chi connectivity index (χ4v) is 4.06. The van der Waals surface area contributed by atoms with Gasteiger partial charge in [0.05, 0.1) is 0 Å². The number of amides is 1. The van der Waals surface area contributed by atoms with Crippen LogP contribution in [0.3, 0.4) is 0 Å². The second-order valence-corrected chi connectivity index (χ2v) is 8.09. The summed E-state index contributed by atoms with van der Waals surface area (Å²) >= 11 is 1.47. The van der Waals surface area contributed by atoms with Gasteiger partial charge in [-0.25, -0.2) is 18.9 Å². The highest BCUT2D eigenvalue weighted by Crippen LogP contribution is 2.30. The Morgan fingerprint density at radius 2 is 2.03 bits per heavy atom. The van der Waals surface area contributed by atoms with E-state index in [1.807, 2.05) is 13.0 Å². The molecule has 0 aliphatic carbocycles. The number of carbonyl (C=O) groups excluding carboxylic acids is 1. The Morgan fingerprint density at radius 3 is 2.72 bits per heavy atom. The first-order valence-corrected chi connectivity index (χ1v) is 10.7. The summed E-state index contributed by atoms with van der Waals surface area (Å²) < 4.78 is 2.69. The van der Waals surface area contributed by atoms with Gasteiger partial charge in [-0.15, -0.1) is 5.10 Å². The number of hydrogen-bond donors (Lipinski definition) is 0. The first-order chi connectivity index (χ1) is 13.9. The summed E-state index contributed by atoms with van der Waals surface area (Å²) in [5, 5.41) is 5.07. The van der Waals surface area contributed by atoms with E-state index in [-0.39, 0.29) is 18.1 Å². The van der Waals surface area contributed by atoms with Gasteiger partial charge in [0, 0.05) is 30.4 Å². The number of benzene rings is 1. The zero-order valence-electron chi connectivity index (χ0n) is 17.4. The molecule has 0 unspecified atom stereocenters. The highest BCUT2D eigenvalue weighted by molar-refractivity contribution is 7.99. The van der Waals surface area contributed by atoms with Crippen LogP contribution in [-0.4, -0.2) is 43.1 Å². The topological polar surface area (TPSA) is 72.5 Å². The van der Waals surface area contributed by atoms with Gasteiger partial charge in [-0.1, -0.05) is 42.8 Å². The molecule has 0 radical (unpaired) electrons. The molecule has 154 valence electrons. The average Bonchev–Trinajstić information content (AvgIpc) is 3.01. The predicted molar refractivity (Wildman–Crippen MR) is 114 cm³/mol. The van der Waals surface area contributed by atoms with Crippen LogP contribution < -0.4 is 5.69 Å². The molecule has 2 heterocycles. The first kappa shape index (κ1) is 21.1. The Kier molecular flexibility index (Phi) is 6.74. The van der Waals surface area contributed by atoms with Crippen LogP contribution in [0.1, 0.15) is 37.8 Å². The van der Waals surface area contributed by atoms with Gasteiger partial charge in [0.15, 0.2) is 5.65 Å². The van der Waals surface area contributed by atoms with E-state index in [2.05, 4.69) is 43.0 Å². The minimum absolute atomic E-state index is 0.0638. The number of unbranched alkanes of at least 4 members (excludes halogenated alkanes) is 1. The predicted octanol–water partition coefficient (Wildman–Crippen LogP) is 3.31. The molecule has 3 aromatic rings. The monoisotopic (exact) mass is 413 g/mol. The summed E-state index contributed by atoms with van der Waals surface area (Å²) in [6, 6.07) is 6.21. The smallest absolute Gasteiger partial charge is 0.341 e. The van der Waals surface area contributed by atoms with Crippen molar-refractivity contribution in [1.82, 2.24) is 24.1 Å². The van der Waals surface area contributed by atoms with Crippen LogP contribution in [-0.2, 0) is 11.3 Å². The molecule has 0 atom stereocenters. The van der Waals surface area contributed by atoms with Crippen molar-refractivity contribution in [2.75, 3.05) is 13.1 Å². The van der Waals surface area contributed by atoms with Crippen LogP contribution >= 0.6 is 11.8 Å². The fraction of sp³-hybridized carbons (Fsp3) is 0.429. The minimum Gasteiger partial charge on any atom is -0.341 e. The van der Waals surface area contributed by atoms with Crippen molar-refractivity contribution in [1.29, 1.82) is 0 Å². The molecular formula is C21H27N5O2S. The summed E-state index contributed by atoms with van der Waals surface area (Å²) in [6.45, 7) is 9.40. The lowest BCUT2D eigenvalue weighted by molar-refractivity contribution is -0.132. The first-order valence-electron chi connectivity index (χ1n) is 9.91. The summed E-state index contributed by atoms with van der Waals surface area (Å²) in [6.07, 6.45) is 5.14. The largest absolute Gasteiger partial charge is 0.350 e. The van der Waals surface area contributed by atoms with Crippen molar-refractivity contribution in [3.8, 4) is 0 Å². The summed E-state index contributed by atoms with van der Waals surface area (Å²) in [7, 11) is 0. The molecule has 0 aliphatic heterocycles. The molecule has 8 heteroatoms.